The highest BCUT2D eigenvalue weighted by Crippen LogP contribution is 2.22. The summed E-state index contributed by atoms with van der Waals surface area (Å²) in [5, 5.41) is 4.42. The number of hydrogen-bond donors (Lipinski definition) is 2. The summed E-state index contributed by atoms with van der Waals surface area (Å²) >= 11 is 1.15. The van der Waals surface area contributed by atoms with E-state index < -0.39 is 24.4 Å². The predicted molar refractivity (Wildman–Crippen MR) is 84.7 cm³/mol. The van der Waals surface area contributed by atoms with Crippen LogP contribution in [0.15, 0.2) is 35.7 Å². The number of esters is 1. The molecule has 0 aliphatic heterocycles. The number of rotatable bonds is 6. The van der Waals surface area contributed by atoms with Crippen molar-refractivity contribution in [3.05, 3.63) is 46.8 Å². The van der Waals surface area contributed by atoms with Crippen molar-refractivity contribution in [2.24, 2.45) is 5.73 Å². The summed E-state index contributed by atoms with van der Waals surface area (Å²) in [7, 11) is 1.52. The molecule has 2 rings (SSSR count). The van der Waals surface area contributed by atoms with Crippen LogP contribution in [0.25, 0.3) is 0 Å². The van der Waals surface area contributed by atoms with Gasteiger partial charge in [0.25, 0.3) is 11.8 Å². The van der Waals surface area contributed by atoms with Crippen LogP contribution in [0.4, 0.5) is 5.00 Å². The minimum Gasteiger partial charge on any atom is -0.497 e. The average Bonchev–Trinajstić information content (AvgIpc) is 3.01. The molecule has 23 heavy (non-hydrogen) atoms. The fraction of sp³-hybridized carbons (Fsp3) is 0.133. The molecule has 0 saturated carbocycles. The number of nitrogens with two attached hydrogens (primary N) is 1. The topological polar surface area (TPSA) is 108 Å². The summed E-state index contributed by atoms with van der Waals surface area (Å²) in [5.41, 5.74) is 5.69. The van der Waals surface area contributed by atoms with E-state index in [1.165, 1.54) is 25.3 Å². The Balaban J connectivity index is 1.89. The smallest absolute Gasteiger partial charge is 0.338 e. The maximum atomic E-state index is 11.8. The van der Waals surface area contributed by atoms with Gasteiger partial charge in [0.1, 0.15) is 10.8 Å². The lowest BCUT2D eigenvalue weighted by molar-refractivity contribution is -0.119. The lowest BCUT2D eigenvalue weighted by atomic mass is 10.2. The molecule has 0 saturated heterocycles. The summed E-state index contributed by atoms with van der Waals surface area (Å²) in [6.45, 7) is -0.471. The standard InChI is InChI=1S/C15H14N2O5S/c1-21-10-4-2-9(3-5-10)15(20)22-8-12(18)17-14-11(13(16)19)6-7-23-14/h2-7H,8H2,1H3,(H2,16,19)(H,17,18). The van der Waals surface area contributed by atoms with Crippen LogP contribution >= 0.6 is 11.3 Å². The van der Waals surface area contributed by atoms with Gasteiger partial charge in [-0.1, -0.05) is 0 Å². The van der Waals surface area contributed by atoms with E-state index in [0.29, 0.717) is 16.3 Å². The fourth-order valence-electron chi connectivity index (χ4n) is 1.70. The Morgan fingerprint density at radius 1 is 1.17 bits per heavy atom. The first-order valence-corrected chi connectivity index (χ1v) is 7.37. The van der Waals surface area contributed by atoms with E-state index in [9.17, 15) is 14.4 Å². The van der Waals surface area contributed by atoms with E-state index in [0.717, 1.165) is 11.3 Å². The summed E-state index contributed by atoms with van der Waals surface area (Å²) < 4.78 is 9.89. The molecule has 0 spiro atoms. The number of primary amides is 1. The second kappa shape index (κ2) is 7.41. The molecule has 0 aliphatic rings. The van der Waals surface area contributed by atoms with Gasteiger partial charge >= 0.3 is 5.97 Å². The van der Waals surface area contributed by atoms with Gasteiger partial charge in [0.2, 0.25) is 0 Å². The number of carbonyl (C=O) groups excluding carboxylic acids is 3. The summed E-state index contributed by atoms with van der Waals surface area (Å²) in [6.07, 6.45) is 0. The van der Waals surface area contributed by atoms with E-state index in [1.54, 1.807) is 17.5 Å². The van der Waals surface area contributed by atoms with Crippen LogP contribution in [-0.4, -0.2) is 31.5 Å². The van der Waals surface area contributed by atoms with Gasteiger partial charge in [-0.05, 0) is 35.7 Å². The molecule has 0 atom stereocenters. The number of thiophene rings is 1. The van der Waals surface area contributed by atoms with E-state index in [1.807, 2.05) is 0 Å². The Bertz CT molecular complexity index is 724. The largest absolute Gasteiger partial charge is 0.497 e. The number of nitrogens with one attached hydrogen (secondary N) is 1. The molecule has 0 radical (unpaired) electrons. The molecule has 2 aromatic rings. The number of hydrogen-bond acceptors (Lipinski definition) is 6. The number of methoxy groups -OCH3 is 1. The van der Waals surface area contributed by atoms with Crippen molar-refractivity contribution in [3.8, 4) is 5.75 Å². The normalized spacial score (nSPS) is 9.96. The van der Waals surface area contributed by atoms with Gasteiger partial charge in [-0.2, -0.15) is 0 Å². The van der Waals surface area contributed by atoms with Gasteiger partial charge in [-0.15, -0.1) is 11.3 Å². The molecule has 0 bridgehead atoms. The van der Waals surface area contributed by atoms with E-state index in [2.05, 4.69) is 5.32 Å². The van der Waals surface area contributed by atoms with Crippen LogP contribution in [-0.2, 0) is 9.53 Å². The molecule has 1 aromatic carbocycles. The summed E-state index contributed by atoms with van der Waals surface area (Å²) in [6, 6.07) is 7.79. The molecule has 0 aliphatic carbocycles. The van der Waals surface area contributed by atoms with Crippen LogP contribution in [0.3, 0.4) is 0 Å². The highest BCUT2D eigenvalue weighted by atomic mass is 32.1. The van der Waals surface area contributed by atoms with Crippen molar-refractivity contribution in [3.63, 3.8) is 0 Å². The van der Waals surface area contributed by atoms with Crippen LogP contribution < -0.4 is 15.8 Å². The van der Waals surface area contributed by atoms with Crippen molar-refractivity contribution < 1.29 is 23.9 Å². The molecule has 0 unspecified atom stereocenters. The van der Waals surface area contributed by atoms with Crippen molar-refractivity contribution in [1.29, 1.82) is 0 Å². The molecule has 0 fully saturated rings. The molecule has 2 amide bonds. The molecular formula is C15H14N2O5S. The monoisotopic (exact) mass is 334 g/mol. The predicted octanol–water partition coefficient (Wildman–Crippen LogP) is 1.65. The highest BCUT2D eigenvalue weighted by Gasteiger charge is 2.14. The maximum Gasteiger partial charge on any atom is 0.338 e. The Labute approximate surface area is 136 Å². The van der Waals surface area contributed by atoms with Crippen LogP contribution in [0.5, 0.6) is 5.75 Å². The quantitative estimate of drug-likeness (QED) is 0.781. The van der Waals surface area contributed by atoms with Gasteiger partial charge in [0, 0.05) is 0 Å². The molecule has 3 N–H and O–H groups in total. The number of carbonyl (C=O) groups is 3. The first kappa shape index (κ1) is 16.5. The zero-order chi connectivity index (χ0) is 16.8. The van der Waals surface area contributed by atoms with Crippen molar-refractivity contribution in [2.75, 3.05) is 19.0 Å². The number of benzene rings is 1. The summed E-state index contributed by atoms with van der Waals surface area (Å²) in [4.78, 5) is 34.7. The third-order valence-electron chi connectivity index (χ3n) is 2.84. The molecular weight excluding hydrogens is 320 g/mol. The average molecular weight is 334 g/mol. The Morgan fingerprint density at radius 2 is 1.87 bits per heavy atom. The van der Waals surface area contributed by atoms with Crippen LogP contribution in [0.1, 0.15) is 20.7 Å². The van der Waals surface area contributed by atoms with Crippen molar-refractivity contribution in [1.82, 2.24) is 0 Å². The van der Waals surface area contributed by atoms with Gasteiger partial charge in [0.15, 0.2) is 6.61 Å². The van der Waals surface area contributed by atoms with E-state index in [4.69, 9.17) is 15.2 Å². The fourth-order valence-corrected chi connectivity index (χ4v) is 2.51. The van der Waals surface area contributed by atoms with E-state index in [-0.39, 0.29) is 5.56 Å². The van der Waals surface area contributed by atoms with Gasteiger partial charge < -0.3 is 20.5 Å². The minimum absolute atomic E-state index is 0.213. The lowest BCUT2D eigenvalue weighted by Gasteiger charge is -2.07. The molecule has 8 heteroatoms. The Kier molecular flexibility index (Phi) is 5.32. The Hall–Kier alpha value is -2.87. The van der Waals surface area contributed by atoms with Gasteiger partial charge in [-0.3, -0.25) is 9.59 Å². The molecule has 7 nitrogen and oxygen atoms in total. The lowest BCUT2D eigenvalue weighted by Crippen LogP contribution is -2.22. The molecule has 1 heterocycles. The van der Waals surface area contributed by atoms with Crippen molar-refractivity contribution in [2.45, 2.75) is 0 Å². The first-order valence-electron chi connectivity index (χ1n) is 6.49. The molecule has 120 valence electrons. The first-order chi connectivity index (χ1) is 11.0. The zero-order valence-corrected chi connectivity index (χ0v) is 13.0. The van der Waals surface area contributed by atoms with Crippen LogP contribution in [0, 0.1) is 0 Å². The van der Waals surface area contributed by atoms with Crippen LogP contribution in [0.2, 0.25) is 0 Å². The SMILES string of the molecule is COc1ccc(C(=O)OCC(=O)Nc2sccc2C(N)=O)cc1. The Morgan fingerprint density at radius 3 is 2.48 bits per heavy atom. The summed E-state index contributed by atoms with van der Waals surface area (Å²) in [5.74, 6) is -1.23. The zero-order valence-electron chi connectivity index (χ0n) is 12.2. The van der Waals surface area contributed by atoms with E-state index >= 15 is 0 Å². The number of ether oxygens (including phenoxy) is 2. The third kappa shape index (κ3) is 4.30. The molecule has 1 aromatic heterocycles. The number of amides is 2. The van der Waals surface area contributed by atoms with Gasteiger partial charge in [0.05, 0.1) is 18.2 Å². The minimum atomic E-state index is -0.642. The maximum absolute atomic E-state index is 11.8. The number of anilines is 1. The van der Waals surface area contributed by atoms with Gasteiger partial charge in [-0.25, -0.2) is 4.79 Å². The highest BCUT2D eigenvalue weighted by molar-refractivity contribution is 7.14. The third-order valence-corrected chi connectivity index (χ3v) is 3.67. The van der Waals surface area contributed by atoms with Crippen molar-refractivity contribution >= 4 is 34.1 Å². The second-order valence-corrected chi connectivity index (χ2v) is 5.30. The second-order valence-electron chi connectivity index (χ2n) is 4.38.